The van der Waals surface area contributed by atoms with Gasteiger partial charge in [-0.05, 0) is 24.7 Å². The molecule has 3 rings (SSSR count). The first-order chi connectivity index (χ1) is 11.7. The Labute approximate surface area is 148 Å². The van der Waals surface area contributed by atoms with Crippen LogP contribution < -0.4 is 0 Å². The highest BCUT2D eigenvalue weighted by Gasteiger charge is 2.17. The van der Waals surface area contributed by atoms with Crippen LogP contribution in [0.15, 0.2) is 30.3 Å². The van der Waals surface area contributed by atoms with Gasteiger partial charge in [0, 0.05) is 26.2 Å². The minimum absolute atomic E-state index is 0.734. The molecule has 1 aromatic carbocycles. The quantitative estimate of drug-likeness (QED) is 0.614. The van der Waals surface area contributed by atoms with Crippen LogP contribution in [0.5, 0.6) is 0 Å². The smallest absolute Gasteiger partial charge is 0.199 e. The van der Waals surface area contributed by atoms with E-state index in [1.165, 1.54) is 5.56 Å². The van der Waals surface area contributed by atoms with Gasteiger partial charge >= 0.3 is 0 Å². The van der Waals surface area contributed by atoms with Gasteiger partial charge in [0.25, 0.3) is 0 Å². The lowest BCUT2D eigenvalue weighted by molar-refractivity contribution is 0.111. The number of rotatable bonds is 5. The van der Waals surface area contributed by atoms with Gasteiger partial charge in [-0.1, -0.05) is 36.3 Å². The largest absolute Gasteiger partial charge is 0.300 e. The van der Waals surface area contributed by atoms with Gasteiger partial charge in [-0.15, -0.1) is 6.42 Å². The lowest BCUT2D eigenvalue weighted by Crippen LogP contribution is -2.46. The van der Waals surface area contributed by atoms with Crippen LogP contribution in [-0.4, -0.2) is 56.9 Å². The zero-order valence-electron chi connectivity index (χ0n) is 14.1. The molecule has 0 aliphatic carbocycles. The molecule has 1 fully saturated rings. The van der Waals surface area contributed by atoms with Crippen molar-refractivity contribution >= 4 is 12.2 Å². The summed E-state index contributed by atoms with van der Waals surface area (Å²) < 4.78 is 4.81. The molecule has 0 N–H and O–H groups in total. The third-order valence-electron chi connectivity index (χ3n) is 4.41. The standard InChI is InChI=1S/C18H23N5S/c1-3-9-20-10-12-21(13-11-20)15-23-18(24)22(16(2)19-23)14-17-7-5-4-6-8-17/h1,4-8H,9-15H2,2H3. The van der Waals surface area contributed by atoms with E-state index < -0.39 is 0 Å². The van der Waals surface area contributed by atoms with Crippen molar-refractivity contribution in [1.29, 1.82) is 0 Å². The molecule has 0 spiro atoms. The molecule has 1 aliphatic heterocycles. The van der Waals surface area contributed by atoms with Crippen LogP contribution in [-0.2, 0) is 13.2 Å². The maximum atomic E-state index is 5.65. The lowest BCUT2D eigenvalue weighted by atomic mass is 10.2. The van der Waals surface area contributed by atoms with Crippen molar-refractivity contribution in [3.63, 3.8) is 0 Å². The Morgan fingerprint density at radius 1 is 1.12 bits per heavy atom. The molecule has 1 aromatic heterocycles. The third-order valence-corrected chi connectivity index (χ3v) is 4.84. The average Bonchev–Trinajstić information content (AvgIpc) is 2.85. The topological polar surface area (TPSA) is 29.2 Å². The van der Waals surface area contributed by atoms with Crippen molar-refractivity contribution in [2.75, 3.05) is 32.7 Å². The van der Waals surface area contributed by atoms with Crippen LogP contribution in [0.1, 0.15) is 11.4 Å². The maximum Gasteiger partial charge on any atom is 0.199 e. The van der Waals surface area contributed by atoms with Gasteiger partial charge in [0.2, 0.25) is 0 Å². The molecule has 0 saturated carbocycles. The second kappa shape index (κ2) is 7.75. The number of hydrogen-bond acceptors (Lipinski definition) is 4. The van der Waals surface area contributed by atoms with E-state index in [4.69, 9.17) is 18.6 Å². The Hall–Kier alpha value is -1.94. The van der Waals surface area contributed by atoms with Crippen LogP contribution in [0.4, 0.5) is 0 Å². The fourth-order valence-electron chi connectivity index (χ4n) is 3.00. The lowest BCUT2D eigenvalue weighted by Gasteiger charge is -2.33. The Morgan fingerprint density at radius 3 is 2.46 bits per heavy atom. The van der Waals surface area contributed by atoms with E-state index in [1.54, 1.807) is 0 Å². The van der Waals surface area contributed by atoms with Gasteiger partial charge in [-0.3, -0.25) is 14.4 Å². The SMILES string of the molecule is C#CCN1CCN(Cn2nc(C)n(Cc3ccccc3)c2=S)CC1. The molecule has 0 bridgehead atoms. The Balaban J connectivity index is 1.67. The van der Waals surface area contributed by atoms with Gasteiger partial charge in [0.15, 0.2) is 4.77 Å². The van der Waals surface area contributed by atoms with E-state index in [2.05, 4.69) is 37.5 Å². The molecule has 0 amide bonds. The van der Waals surface area contributed by atoms with Crippen LogP contribution in [0, 0.1) is 24.0 Å². The molecule has 24 heavy (non-hydrogen) atoms. The number of aromatic nitrogens is 3. The van der Waals surface area contributed by atoms with Crippen molar-refractivity contribution < 1.29 is 0 Å². The first-order valence-corrected chi connectivity index (χ1v) is 8.64. The van der Waals surface area contributed by atoms with Gasteiger partial charge in [0.05, 0.1) is 19.8 Å². The summed E-state index contributed by atoms with van der Waals surface area (Å²) in [6, 6.07) is 10.4. The summed E-state index contributed by atoms with van der Waals surface area (Å²) in [5.41, 5.74) is 1.24. The van der Waals surface area contributed by atoms with E-state index in [1.807, 2.05) is 29.8 Å². The van der Waals surface area contributed by atoms with E-state index >= 15 is 0 Å². The van der Waals surface area contributed by atoms with Gasteiger partial charge < -0.3 is 0 Å². The number of aryl methyl sites for hydroxylation is 1. The molecule has 0 radical (unpaired) electrons. The summed E-state index contributed by atoms with van der Waals surface area (Å²) in [5, 5.41) is 4.64. The van der Waals surface area contributed by atoms with Crippen LogP contribution >= 0.6 is 12.2 Å². The van der Waals surface area contributed by atoms with Crippen molar-refractivity contribution in [3.05, 3.63) is 46.5 Å². The maximum absolute atomic E-state index is 5.65. The summed E-state index contributed by atoms with van der Waals surface area (Å²) in [6.07, 6.45) is 5.38. The summed E-state index contributed by atoms with van der Waals surface area (Å²) in [4.78, 5) is 4.68. The predicted molar refractivity (Wildman–Crippen MR) is 98.2 cm³/mol. The minimum Gasteiger partial charge on any atom is -0.300 e. The normalized spacial score (nSPS) is 16.2. The van der Waals surface area contributed by atoms with E-state index in [-0.39, 0.29) is 0 Å². The number of benzene rings is 1. The molecular formula is C18H23N5S. The highest BCUT2D eigenvalue weighted by atomic mass is 32.1. The molecule has 1 aliphatic rings. The molecule has 126 valence electrons. The van der Waals surface area contributed by atoms with Crippen molar-refractivity contribution in [3.8, 4) is 12.3 Å². The van der Waals surface area contributed by atoms with Crippen LogP contribution in [0.25, 0.3) is 0 Å². The summed E-state index contributed by atoms with van der Waals surface area (Å²) in [5.74, 6) is 3.67. The second-order valence-corrected chi connectivity index (χ2v) is 6.51. The number of nitrogens with zero attached hydrogens (tertiary/aromatic N) is 5. The summed E-state index contributed by atoms with van der Waals surface area (Å²) >= 11 is 5.65. The van der Waals surface area contributed by atoms with Crippen molar-refractivity contribution in [2.45, 2.75) is 20.1 Å². The number of terminal acetylenes is 1. The Kier molecular flexibility index (Phi) is 5.46. The van der Waals surface area contributed by atoms with Crippen LogP contribution in [0.3, 0.4) is 0 Å². The van der Waals surface area contributed by atoms with Gasteiger partial charge in [-0.25, -0.2) is 4.68 Å². The van der Waals surface area contributed by atoms with E-state index in [9.17, 15) is 0 Å². The highest BCUT2D eigenvalue weighted by Crippen LogP contribution is 2.09. The summed E-state index contributed by atoms with van der Waals surface area (Å²) in [7, 11) is 0. The van der Waals surface area contributed by atoms with Gasteiger partial charge in [0.1, 0.15) is 5.82 Å². The first kappa shape index (κ1) is 16.9. The van der Waals surface area contributed by atoms with E-state index in [0.29, 0.717) is 0 Å². The fourth-order valence-corrected chi connectivity index (χ4v) is 3.29. The Bertz CT molecular complexity index is 763. The van der Waals surface area contributed by atoms with Gasteiger partial charge in [-0.2, -0.15) is 5.10 Å². The average molecular weight is 341 g/mol. The molecule has 2 aromatic rings. The zero-order chi connectivity index (χ0) is 16.9. The van der Waals surface area contributed by atoms with E-state index in [0.717, 1.165) is 56.5 Å². The predicted octanol–water partition coefficient (Wildman–Crippen LogP) is 1.98. The molecule has 0 unspecified atom stereocenters. The number of hydrogen-bond donors (Lipinski definition) is 0. The monoisotopic (exact) mass is 341 g/mol. The first-order valence-electron chi connectivity index (χ1n) is 8.23. The zero-order valence-corrected chi connectivity index (χ0v) is 14.9. The highest BCUT2D eigenvalue weighted by molar-refractivity contribution is 7.71. The second-order valence-electron chi connectivity index (χ2n) is 6.14. The molecular weight excluding hydrogens is 318 g/mol. The molecule has 0 atom stereocenters. The third kappa shape index (κ3) is 3.93. The fraction of sp³-hybridized carbons (Fsp3) is 0.444. The number of piperazine rings is 1. The molecule has 5 nitrogen and oxygen atoms in total. The molecule has 6 heteroatoms. The summed E-state index contributed by atoms with van der Waals surface area (Å²) in [6.45, 7) is 8.25. The van der Waals surface area contributed by atoms with Crippen LogP contribution in [0.2, 0.25) is 0 Å². The minimum atomic E-state index is 0.734. The molecule has 1 saturated heterocycles. The van der Waals surface area contributed by atoms with Crippen molar-refractivity contribution in [1.82, 2.24) is 24.1 Å². The molecule has 2 heterocycles. The Morgan fingerprint density at radius 2 is 1.79 bits per heavy atom. The van der Waals surface area contributed by atoms with Crippen molar-refractivity contribution in [2.24, 2.45) is 0 Å².